The lowest BCUT2D eigenvalue weighted by Crippen LogP contribution is -2.52. The zero-order valence-corrected chi connectivity index (χ0v) is 18.1. The first-order chi connectivity index (χ1) is 15.2. The fourth-order valence-corrected chi connectivity index (χ4v) is 3.93. The van der Waals surface area contributed by atoms with Gasteiger partial charge in [-0.05, 0) is 48.9 Å². The van der Waals surface area contributed by atoms with Gasteiger partial charge >= 0.3 is 0 Å². The minimum atomic E-state index is -0.919. The molecule has 3 atom stereocenters. The van der Waals surface area contributed by atoms with Gasteiger partial charge < -0.3 is 15.5 Å². The number of hydrogen-bond donors (Lipinski definition) is 2. The number of hydrogen-bond acceptors (Lipinski definition) is 3. The van der Waals surface area contributed by atoms with Gasteiger partial charge in [0.25, 0.3) is 0 Å². The van der Waals surface area contributed by atoms with E-state index in [-0.39, 0.29) is 23.8 Å². The Kier molecular flexibility index (Phi) is 7.56. The molecule has 32 heavy (non-hydrogen) atoms. The molecule has 0 aromatic heterocycles. The van der Waals surface area contributed by atoms with E-state index in [0.29, 0.717) is 13.0 Å². The highest BCUT2D eigenvalue weighted by molar-refractivity contribution is 5.92. The maximum absolute atomic E-state index is 13.3. The molecular weight excluding hydrogens is 416 g/mol. The first-order valence-corrected chi connectivity index (χ1v) is 10.6. The van der Waals surface area contributed by atoms with Crippen LogP contribution in [0.2, 0.25) is 0 Å². The highest BCUT2D eigenvalue weighted by Gasteiger charge is 2.32. The molecule has 0 unspecified atom stereocenters. The first kappa shape index (κ1) is 23.4. The molecule has 170 valence electrons. The summed E-state index contributed by atoms with van der Waals surface area (Å²) in [6.45, 7) is 2.08. The zero-order valence-electron chi connectivity index (χ0n) is 18.1. The van der Waals surface area contributed by atoms with E-state index >= 15 is 0 Å². The molecule has 1 heterocycles. The monoisotopic (exact) mass is 443 g/mol. The van der Waals surface area contributed by atoms with Gasteiger partial charge in [0.1, 0.15) is 23.7 Å². The van der Waals surface area contributed by atoms with Gasteiger partial charge in [0, 0.05) is 19.7 Å². The summed E-state index contributed by atoms with van der Waals surface area (Å²) in [6.07, 6.45) is 0.977. The topological polar surface area (TPSA) is 78.5 Å². The molecule has 3 rings (SSSR count). The van der Waals surface area contributed by atoms with Crippen molar-refractivity contribution < 1.29 is 23.2 Å². The Hall–Kier alpha value is -3.29. The SMILES string of the molecule is C[C@H](NC(=O)Cc1cc(F)cc(F)c1)C(=O)N[C@H]1C[C@H](c2ccccc2)CCN(C)C1=O. The second-order valence-electron chi connectivity index (χ2n) is 8.20. The van der Waals surface area contributed by atoms with E-state index in [1.54, 1.807) is 11.9 Å². The van der Waals surface area contributed by atoms with Crippen LogP contribution in [-0.4, -0.2) is 48.3 Å². The number of likely N-dealkylation sites (tertiary alicyclic amines) is 1. The van der Waals surface area contributed by atoms with E-state index in [1.165, 1.54) is 6.92 Å². The molecular formula is C24H27F2N3O3. The van der Waals surface area contributed by atoms with E-state index in [9.17, 15) is 23.2 Å². The van der Waals surface area contributed by atoms with Crippen LogP contribution in [0.15, 0.2) is 48.5 Å². The Morgan fingerprint density at radius 1 is 1.12 bits per heavy atom. The largest absolute Gasteiger partial charge is 0.344 e. The number of halogens is 2. The first-order valence-electron chi connectivity index (χ1n) is 10.6. The standard InChI is InChI=1S/C24H27F2N3O3/c1-15(27-22(30)12-16-10-19(25)14-20(26)11-16)23(31)28-21-13-18(8-9-29(2)24(21)32)17-6-4-3-5-7-17/h3-7,10-11,14-15,18,21H,8-9,12-13H2,1-2H3,(H,27,30)(H,28,31)/t15-,18+,21-/m0/s1. The van der Waals surface area contributed by atoms with Gasteiger partial charge in [-0.15, -0.1) is 0 Å². The third kappa shape index (κ3) is 6.12. The minimum absolute atomic E-state index is 0.114. The van der Waals surface area contributed by atoms with Gasteiger partial charge in [-0.25, -0.2) is 8.78 Å². The molecule has 8 heteroatoms. The van der Waals surface area contributed by atoms with Crippen LogP contribution >= 0.6 is 0 Å². The van der Waals surface area contributed by atoms with Crippen LogP contribution in [0.1, 0.15) is 36.8 Å². The second-order valence-corrected chi connectivity index (χ2v) is 8.20. The number of nitrogens with one attached hydrogen (secondary N) is 2. The molecule has 0 saturated carbocycles. The Labute approximate surface area is 186 Å². The summed E-state index contributed by atoms with van der Waals surface area (Å²) in [5.41, 5.74) is 1.28. The van der Waals surface area contributed by atoms with Crippen molar-refractivity contribution in [3.63, 3.8) is 0 Å². The molecule has 2 aromatic rings. The van der Waals surface area contributed by atoms with Gasteiger partial charge in [-0.3, -0.25) is 14.4 Å². The number of amides is 3. The van der Waals surface area contributed by atoms with Crippen molar-refractivity contribution in [2.75, 3.05) is 13.6 Å². The van der Waals surface area contributed by atoms with Crippen LogP contribution < -0.4 is 10.6 Å². The smallest absolute Gasteiger partial charge is 0.244 e. The third-order valence-corrected chi connectivity index (χ3v) is 5.65. The van der Waals surface area contributed by atoms with Crippen LogP contribution in [0.5, 0.6) is 0 Å². The van der Waals surface area contributed by atoms with E-state index < -0.39 is 35.5 Å². The lowest BCUT2D eigenvalue weighted by molar-refractivity contribution is -0.135. The minimum Gasteiger partial charge on any atom is -0.344 e. The van der Waals surface area contributed by atoms with Gasteiger partial charge in [-0.2, -0.15) is 0 Å². The van der Waals surface area contributed by atoms with Gasteiger partial charge in [-0.1, -0.05) is 30.3 Å². The highest BCUT2D eigenvalue weighted by atomic mass is 19.1. The van der Waals surface area contributed by atoms with Crippen molar-refractivity contribution in [2.24, 2.45) is 0 Å². The fraction of sp³-hybridized carbons (Fsp3) is 0.375. The van der Waals surface area contributed by atoms with Crippen LogP contribution in [0, 0.1) is 11.6 Å². The number of carbonyl (C=O) groups excluding carboxylic acids is 3. The normalized spacial score (nSPS) is 19.8. The Morgan fingerprint density at radius 2 is 1.78 bits per heavy atom. The zero-order chi connectivity index (χ0) is 23.3. The summed E-state index contributed by atoms with van der Waals surface area (Å²) in [6, 6.07) is 11.1. The molecule has 1 saturated heterocycles. The van der Waals surface area contributed by atoms with Crippen LogP contribution in [0.25, 0.3) is 0 Å². The third-order valence-electron chi connectivity index (χ3n) is 5.65. The molecule has 1 aliphatic heterocycles. The summed E-state index contributed by atoms with van der Waals surface area (Å²) in [5, 5.41) is 5.28. The van der Waals surface area contributed by atoms with E-state index in [1.807, 2.05) is 30.3 Å². The number of benzene rings is 2. The van der Waals surface area contributed by atoms with Crippen molar-refractivity contribution in [3.8, 4) is 0 Å². The summed E-state index contributed by atoms with van der Waals surface area (Å²) in [4.78, 5) is 39.3. The molecule has 2 aromatic carbocycles. The maximum Gasteiger partial charge on any atom is 0.244 e. The molecule has 0 aliphatic carbocycles. The van der Waals surface area contributed by atoms with Crippen molar-refractivity contribution in [2.45, 2.75) is 44.2 Å². The van der Waals surface area contributed by atoms with Crippen molar-refractivity contribution in [3.05, 3.63) is 71.3 Å². The average Bonchev–Trinajstić information content (AvgIpc) is 2.87. The maximum atomic E-state index is 13.3. The summed E-state index contributed by atoms with van der Waals surface area (Å²) < 4.78 is 26.6. The van der Waals surface area contributed by atoms with Crippen molar-refractivity contribution in [1.29, 1.82) is 0 Å². The number of rotatable bonds is 6. The fourth-order valence-electron chi connectivity index (χ4n) is 3.93. The quantitative estimate of drug-likeness (QED) is 0.720. The molecule has 6 nitrogen and oxygen atoms in total. The second kappa shape index (κ2) is 10.3. The summed E-state index contributed by atoms with van der Waals surface area (Å²) >= 11 is 0. The van der Waals surface area contributed by atoms with E-state index in [0.717, 1.165) is 30.2 Å². The van der Waals surface area contributed by atoms with Crippen LogP contribution in [0.3, 0.4) is 0 Å². The van der Waals surface area contributed by atoms with Crippen molar-refractivity contribution in [1.82, 2.24) is 15.5 Å². The van der Waals surface area contributed by atoms with Gasteiger partial charge in [0.05, 0.1) is 6.42 Å². The summed E-state index contributed by atoms with van der Waals surface area (Å²) in [7, 11) is 1.71. The van der Waals surface area contributed by atoms with E-state index in [2.05, 4.69) is 10.6 Å². The van der Waals surface area contributed by atoms with Crippen LogP contribution in [0.4, 0.5) is 8.78 Å². The van der Waals surface area contributed by atoms with Gasteiger partial charge in [0.2, 0.25) is 17.7 Å². The highest BCUT2D eigenvalue weighted by Crippen LogP contribution is 2.28. The Morgan fingerprint density at radius 3 is 2.44 bits per heavy atom. The molecule has 2 N–H and O–H groups in total. The predicted molar refractivity (Wildman–Crippen MR) is 116 cm³/mol. The van der Waals surface area contributed by atoms with Crippen molar-refractivity contribution >= 4 is 17.7 Å². The molecule has 0 bridgehead atoms. The predicted octanol–water partition coefficient (Wildman–Crippen LogP) is 2.53. The molecule has 1 aliphatic rings. The lowest BCUT2D eigenvalue weighted by atomic mass is 9.90. The van der Waals surface area contributed by atoms with Crippen LogP contribution in [-0.2, 0) is 20.8 Å². The number of likely N-dealkylation sites (N-methyl/N-ethyl adjacent to an activating group) is 1. The number of nitrogens with zero attached hydrogens (tertiary/aromatic N) is 1. The van der Waals surface area contributed by atoms with E-state index in [4.69, 9.17) is 0 Å². The van der Waals surface area contributed by atoms with Gasteiger partial charge in [0.15, 0.2) is 0 Å². The molecule has 0 radical (unpaired) electrons. The Balaban J connectivity index is 1.61. The lowest BCUT2D eigenvalue weighted by Gasteiger charge is -2.24. The molecule has 1 fully saturated rings. The summed E-state index contributed by atoms with van der Waals surface area (Å²) in [5.74, 6) is -2.66. The molecule has 3 amide bonds. The average molecular weight is 443 g/mol. The Bertz CT molecular complexity index is 963. The molecule has 0 spiro atoms. The number of carbonyl (C=O) groups is 3.